The Balaban J connectivity index is 1.73. The molecule has 1 aromatic carbocycles. The SMILES string of the molecule is Nc1cccc(NC(=O)Cc2cc(CC(=O)Nc3cccc(N)n3)cc([N+](=O)[O-])c2)n1. The first-order valence-corrected chi connectivity index (χ1v) is 9.10. The fraction of sp³-hybridized carbons (Fsp3) is 0.100. The third kappa shape index (κ3) is 6.22. The second-order valence-electron chi connectivity index (χ2n) is 6.61. The molecule has 31 heavy (non-hydrogen) atoms. The van der Waals surface area contributed by atoms with Crippen molar-refractivity contribution in [3.63, 3.8) is 0 Å². The van der Waals surface area contributed by atoms with Crippen LogP contribution in [-0.2, 0) is 22.4 Å². The van der Waals surface area contributed by atoms with Crippen molar-refractivity contribution in [2.45, 2.75) is 12.8 Å². The number of nitrogens with two attached hydrogens (primary N) is 2. The lowest BCUT2D eigenvalue weighted by Gasteiger charge is -2.08. The summed E-state index contributed by atoms with van der Waals surface area (Å²) < 4.78 is 0. The second-order valence-corrected chi connectivity index (χ2v) is 6.61. The highest BCUT2D eigenvalue weighted by Gasteiger charge is 2.15. The van der Waals surface area contributed by atoms with Gasteiger partial charge in [-0.05, 0) is 35.4 Å². The lowest BCUT2D eigenvalue weighted by molar-refractivity contribution is -0.385. The number of nitrogens with zero attached hydrogens (tertiary/aromatic N) is 3. The predicted octanol–water partition coefficient (Wildman–Crippen LogP) is 1.91. The van der Waals surface area contributed by atoms with E-state index in [9.17, 15) is 19.7 Å². The average Bonchev–Trinajstić information content (AvgIpc) is 2.67. The molecule has 11 heteroatoms. The van der Waals surface area contributed by atoms with Gasteiger partial charge in [-0.1, -0.05) is 18.2 Å². The molecule has 0 bridgehead atoms. The minimum atomic E-state index is -0.582. The second kappa shape index (κ2) is 9.31. The third-order valence-electron chi connectivity index (χ3n) is 4.05. The third-order valence-corrected chi connectivity index (χ3v) is 4.05. The molecule has 0 atom stereocenters. The molecule has 0 spiro atoms. The zero-order valence-corrected chi connectivity index (χ0v) is 16.2. The van der Waals surface area contributed by atoms with Gasteiger partial charge in [-0.15, -0.1) is 0 Å². The Labute approximate surface area is 176 Å². The fourth-order valence-corrected chi connectivity index (χ4v) is 2.84. The molecule has 158 valence electrons. The molecule has 0 unspecified atom stereocenters. The van der Waals surface area contributed by atoms with E-state index < -0.39 is 16.7 Å². The van der Waals surface area contributed by atoms with Gasteiger partial charge in [0.05, 0.1) is 17.8 Å². The van der Waals surface area contributed by atoms with Gasteiger partial charge >= 0.3 is 0 Å². The first-order valence-electron chi connectivity index (χ1n) is 9.10. The van der Waals surface area contributed by atoms with Gasteiger partial charge in [0.1, 0.15) is 23.3 Å². The molecule has 0 radical (unpaired) electrons. The molecule has 3 aromatic rings. The molecule has 2 amide bonds. The largest absolute Gasteiger partial charge is 0.384 e. The molecule has 6 N–H and O–H groups in total. The van der Waals surface area contributed by atoms with E-state index in [1.165, 1.54) is 12.1 Å². The van der Waals surface area contributed by atoms with Crippen molar-refractivity contribution in [2.24, 2.45) is 0 Å². The quantitative estimate of drug-likeness (QED) is 0.330. The van der Waals surface area contributed by atoms with Crippen LogP contribution in [0.5, 0.6) is 0 Å². The van der Waals surface area contributed by atoms with E-state index >= 15 is 0 Å². The Bertz CT molecular complexity index is 1070. The lowest BCUT2D eigenvalue weighted by Crippen LogP contribution is -2.17. The molecule has 0 fully saturated rings. The number of non-ortho nitro benzene ring substituents is 1. The van der Waals surface area contributed by atoms with Crippen LogP contribution >= 0.6 is 0 Å². The first-order chi connectivity index (χ1) is 14.8. The molecule has 3 rings (SSSR count). The van der Waals surface area contributed by atoms with Gasteiger partial charge in [0.2, 0.25) is 11.8 Å². The van der Waals surface area contributed by atoms with E-state index in [0.29, 0.717) is 11.1 Å². The average molecular weight is 421 g/mol. The number of carbonyl (C=O) groups excluding carboxylic acids is 2. The van der Waals surface area contributed by atoms with Gasteiger partial charge in [0.25, 0.3) is 5.69 Å². The number of benzene rings is 1. The summed E-state index contributed by atoms with van der Waals surface area (Å²) in [6, 6.07) is 13.7. The van der Waals surface area contributed by atoms with Crippen molar-refractivity contribution >= 4 is 40.8 Å². The van der Waals surface area contributed by atoms with Gasteiger partial charge in [-0.3, -0.25) is 19.7 Å². The van der Waals surface area contributed by atoms with Crippen LogP contribution in [0.3, 0.4) is 0 Å². The highest BCUT2D eigenvalue weighted by atomic mass is 16.6. The number of hydrogen-bond acceptors (Lipinski definition) is 8. The van der Waals surface area contributed by atoms with Crippen LogP contribution in [0.1, 0.15) is 11.1 Å². The Morgan fingerprint density at radius 1 is 0.839 bits per heavy atom. The molecule has 0 saturated heterocycles. The summed E-state index contributed by atoms with van der Waals surface area (Å²) in [5.41, 5.74) is 11.7. The van der Waals surface area contributed by atoms with Crippen LogP contribution in [0.2, 0.25) is 0 Å². The number of anilines is 4. The van der Waals surface area contributed by atoms with E-state index in [-0.39, 0.29) is 41.8 Å². The molecule has 11 nitrogen and oxygen atoms in total. The highest BCUT2D eigenvalue weighted by Crippen LogP contribution is 2.19. The Morgan fingerprint density at radius 2 is 1.29 bits per heavy atom. The van der Waals surface area contributed by atoms with E-state index in [1.54, 1.807) is 42.5 Å². The van der Waals surface area contributed by atoms with Crippen LogP contribution in [0.15, 0.2) is 54.6 Å². The molecule has 0 aliphatic rings. The Kier molecular flexibility index (Phi) is 6.36. The maximum Gasteiger partial charge on any atom is 0.270 e. The lowest BCUT2D eigenvalue weighted by atomic mass is 10.0. The zero-order chi connectivity index (χ0) is 22.4. The summed E-state index contributed by atoms with van der Waals surface area (Å²) in [5.74, 6) is 0.164. The minimum Gasteiger partial charge on any atom is -0.384 e. The normalized spacial score (nSPS) is 10.3. The summed E-state index contributed by atoms with van der Waals surface area (Å²) in [5, 5.41) is 16.4. The molecule has 0 aliphatic heterocycles. The van der Waals surface area contributed by atoms with Gasteiger partial charge < -0.3 is 22.1 Å². The van der Waals surface area contributed by atoms with E-state index in [4.69, 9.17) is 11.5 Å². The number of nitrogen functional groups attached to an aromatic ring is 2. The monoisotopic (exact) mass is 421 g/mol. The molecule has 0 saturated carbocycles. The van der Waals surface area contributed by atoms with Crippen molar-refractivity contribution in [2.75, 3.05) is 22.1 Å². The van der Waals surface area contributed by atoms with Gasteiger partial charge in [-0.2, -0.15) is 0 Å². The molecule has 2 heterocycles. The van der Waals surface area contributed by atoms with Gasteiger partial charge in [0.15, 0.2) is 0 Å². The summed E-state index contributed by atoms with van der Waals surface area (Å²) in [6.45, 7) is 0. The van der Waals surface area contributed by atoms with Crippen molar-refractivity contribution < 1.29 is 14.5 Å². The number of nitro groups is 1. The number of pyridine rings is 2. The smallest absolute Gasteiger partial charge is 0.270 e. The summed E-state index contributed by atoms with van der Waals surface area (Å²) in [7, 11) is 0. The number of nitro benzene ring substituents is 1. The van der Waals surface area contributed by atoms with Crippen LogP contribution in [0, 0.1) is 10.1 Å². The molecule has 2 aromatic heterocycles. The number of rotatable bonds is 7. The molecular weight excluding hydrogens is 402 g/mol. The molecule has 0 aliphatic carbocycles. The van der Waals surface area contributed by atoms with E-state index in [1.807, 2.05) is 0 Å². The standard InChI is InChI=1S/C20H19N7O4/c21-15-3-1-5-17(23-15)25-19(28)10-12-7-13(9-14(8-12)27(30)31)11-20(29)26-18-6-2-4-16(22)24-18/h1-9H,10-11H2,(H3,21,23,25,28)(H3,22,24,26,29). The van der Waals surface area contributed by atoms with E-state index in [0.717, 1.165) is 0 Å². The summed E-state index contributed by atoms with van der Waals surface area (Å²) in [4.78, 5) is 43.3. The summed E-state index contributed by atoms with van der Waals surface area (Å²) >= 11 is 0. The Hall–Kier alpha value is -4.54. The van der Waals surface area contributed by atoms with Crippen molar-refractivity contribution in [1.82, 2.24) is 9.97 Å². The van der Waals surface area contributed by atoms with Crippen LogP contribution in [0.4, 0.5) is 29.0 Å². The molecular formula is C20H19N7O4. The fourth-order valence-electron chi connectivity index (χ4n) is 2.84. The number of amides is 2. The predicted molar refractivity (Wildman–Crippen MR) is 115 cm³/mol. The van der Waals surface area contributed by atoms with Gasteiger partial charge in [0, 0.05) is 12.1 Å². The number of carbonyl (C=O) groups is 2. The maximum atomic E-state index is 12.3. The Morgan fingerprint density at radius 3 is 1.68 bits per heavy atom. The highest BCUT2D eigenvalue weighted by molar-refractivity contribution is 5.93. The van der Waals surface area contributed by atoms with Gasteiger partial charge in [-0.25, -0.2) is 9.97 Å². The van der Waals surface area contributed by atoms with Crippen LogP contribution in [-0.4, -0.2) is 26.7 Å². The zero-order valence-electron chi connectivity index (χ0n) is 16.2. The number of aromatic nitrogens is 2. The summed E-state index contributed by atoms with van der Waals surface area (Å²) in [6.07, 6.45) is -0.299. The van der Waals surface area contributed by atoms with Crippen molar-refractivity contribution in [1.29, 1.82) is 0 Å². The van der Waals surface area contributed by atoms with Crippen molar-refractivity contribution in [3.8, 4) is 0 Å². The van der Waals surface area contributed by atoms with E-state index in [2.05, 4.69) is 20.6 Å². The van der Waals surface area contributed by atoms with Crippen molar-refractivity contribution in [3.05, 3.63) is 75.8 Å². The van der Waals surface area contributed by atoms with Crippen LogP contribution in [0.25, 0.3) is 0 Å². The topological polar surface area (TPSA) is 179 Å². The minimum absolute atomic E-state index is 0.149. The van der Waals surface area contributed by atoms with Crippen LogP contribution < -0.4 is 22.1 Å². The number of hydrogen-bond donors (Lipinski definition) is 4. The number of nitrogens with one attached hydrogen (secondary N) is 2. The maximum absolute atomic E-state index is 12.3. The first kappa shape index (κ1) is 21.2.